The highest BCUT2D eigenvalue weighted by Crippen LogP contribution is 2.63. The SMILES string of the molecule is O=C1O[C@@H]2C[C@@]3(C(=O)NCCO)[C@H](ON(Cc4ccc(I)cc4)[C@@H]13)[C@H]1OC(C3CC3)(C3CC3)O[C@H]12. The lowest BCUT2D eigenvalue weighted by Gasteiger charge is -2.48. The second-order valence-electron chi connectivity index (χ2n) is 10.8. The van der Waals surface area contributed by atoms with E-state index in [1.807, 2.05) is 24.3 Å². The van der Waals surface area contributed by atoms with Gasteiger partial charge in [0.1, 0.15) is 29.8 Å². The molecule has 2 bridgehead atoms. The van der Waals surface area contributed by atoms with E-state index in [9.17, 15) is 14.7 Å². The van der Waals surface area contributed by atoms with Gasteiger partial charge in [0.05, 0.1) is 13.2 Å². The van der Waals surface area contributed by atoms with Crippen molar-refractivity contribution < 1.29 is 33.7 Å². The topological polar surface area (TPSA) is 107 Å². The number of esters is 1. The maximum Gasteiger partial charge on any atom is 0.327 e. The summed E-state index contributed by atoms with van der Waals surface area (Å²) in [5, 5.41) is 13.8. The molecule has 3 aliphatic carbocycles. The van der Waals surface area contributed by atoms with Crippen LogP contribution in [-0.2, 0) is 35.2 Å². The number of rotatable bonds is 7. The Balaban J connectivity index is 1.28. The lowest BCUT2D eigenvalue weighted by Crippen LogP contribution is -2.69. The summed E-state index contributed by atoms with van der Waals surface area (Å²) in [5.74, 6) is -0.743. The number of aliphatic hydroxyl groups excluding tert-OH is 1. The van der Waals surface area contributed by atoms with Gasteiger partial charge in [-0.25, -0.2) is 0 Å². The lowest BCUT2D eigenvalue weighted by molar-refractivity contribution is -0.235. The van der Waals surface area contributed by atoms with Crippen molar-refractivity contribution in [1.82, 2.24) is 10.4 Å². The number of fused-ring (bicyclic) bond motifs is 4. The van der Waals surface area contributed by atoms with E-state index in [0.717, 1.165) is 34.8 Å². The van der Waals surface area contributed by atoms with Crippen LogP contribution in [0.5, 0.6) is 0 Å². The second-order valence-corrected chi connectivity index (χ2v) is 12.0. The molecule has 2 N–H and O–H groups in total. The van der Waals surface area contributed by atoms with Gasteiger partial charge in [0.25, 0.3) is 0 Å². The van der Waals surface area contributed by atoms with E-state index in [2.05, 4.69) is 27.9 Å². The van der Waals surface area contributed by atoms with E-state index < -0.39 is 47.6 Å². The Morgan fingerprint density at radius 1 is 1.11 bits per heavy atom. The molecular weight excluding hydrogens is 567 g/mol. The van der Waals surface area contributed by atoms with Crippen LogP contribution in [0.1, 0.15) is 37.7 Å². The molecule has 1 amide bonds. The summed E-state index contributed by atoms with van der Waals surface area (Å²) in [7, 11) is 0. The van der Waals surface area contributed by atoms with Crippen molar-refractivity contribution in [2.24, 2.45) is 17.3 Å². The molecule has 188 valence electrons. The molecule has 1 aromatic rings. The van der Waals surface area contributed by atoms with Crippen molar-refractivity contribution in [3.05, 3.63) is 33.4 Å². The molecule has 0 unspecified atom stereocenters. The van der Waals surface area contributed by atoms with E-state index >= 15 is 0 Å². The minimum Gasteiger partial charge on any atom is -0.458 e. The summed E-state index contributed by atoms with van der Waals surface area (Å²) >= 11 is 2.25. The Hall–Kier alpha value is -1.31. The first-order valence-electron chi connectivity index (χ1n) is 12.6. The van der Waals surface area contributed by atoms with Crippen molar-refractivity contribution in [3.63, 3.8) is 0 Å². The zero-order chi connectivity index (χ0) is 23.9. The van der Waals surface area contributed by atoms with Gasteiger partial charge in [0, 0.05) is 28.4 Å². The van der Waals surface area contributed by atoms with E-state index in [1.54, 1.807) is 5.06 Å². The number of hydrogen-bond acceptors (Lipinski definition) is 8. The summed E-state index contributed by atoms with van der Waals surface area (Å²) in [6, 6.07) is 7.09. The maximum atomic E-state index is 13.7. The summed E-state index contributed by atoms with van der Waals surface area (Å²) in [4.78, 5) is 33.7. The third-order valence-electron chi connectivity index (χ3n) is 8.56. The molecule has 0 aromatic heterocycles. The monoisotopic (exact) mass is 596 g/mol. The standard InChI is InChI=1S/C25H29IN2O7/c26-16-7-1-13(2-8-16)12-28-20-22(30)32-17-11-24(20,23(31)27-9-10-29)21(35-28)19-18(17)33-25(34-19,14-3-4-14)15-5-6-15/h1-2,7-8,14-15,17-21,29H,3-6,9-12H2,(H,27,31)/t17-,18+,19+,20+,21-,24+/m1/s1. The van der Waals surface area contributed by atoms with Crippen LogP contribution in [0.2, 0.25) is 0 Å². The van der Waals surface area contributed by atoms with Gasteiger partial charge in [-0.2, -0.15) is 5.06 Å². The Kier molecular flexibility index (Phi) is 5.28. The molecule has 9 nitrogen and oxygen atoms in total. The number of hydroxylamine groups is 2. The quantitative estimate of drug-likeness (QED) is 0.361. The number of amides is 1. The first kappa shape index (κ1) is 22.9. The Morgan fingerprint density at radius 3 is 2.46 bits per heavy atom. The number of hydrogen-bond donors (Lipinski definition) is 2. The predicted molar refractivity (Wildman–Crippen MR) is 128 cm³/mol. The first-order chi connectivity index (χ1) is 17.0. The number of ether oxygens (including phenoxy) is 3. The molecule has 6 atom stereocenters. The number of nitrogens with one attached hydrogen (secondary N) is 1. The fourth-order valence-corrected chi connectivity index (χ4v) is 7.13. The van der Waals surface area contributed by atoms with Gasteiger partial charge in [-0.15, -0.1) is 0 Å². The Labute approximate surface area is 216 Å². The van der Waals surface area contributed by atoms with E-state index in [0.29, 0.717) is 24.8 Å². The zero-order valence-electron chi connectivity index (χ0n) is 19.2. The molecule has 1 aromatic carbocycles. The van der Waals surface area contributed by atoms with Gasteiger partial charge in [-0.05, 0) is 66.0 Å². The summed E-state index contributed by atoms with van der Waals surface area (Å²) in [6.45, 7) is 0.258. The van der Waals surface area contributed by atoms with Crippen LogP contribution in [0.25, 0.3) is 0 Å². The van der Waals surface area contributed by atoms with Crippen LogP contribution >= 0.6 is 22.6 Å². The number of halogens is 1. The van der Waals surface area contributed by atoms with Gasteiger partial charge in [-0.1, -0.05) is 12.1 Å². The smallest absolute Gasteiger partial charge is 0.327 e. The normalized spacial score (nSPS) is 39.3. The van der Waals surface area contributed by atoms with Crippen LogP contribution in [0.15, 0.2) is 24.3 Å². The third kappa shape index (κ3) is 3.36. The fourth-order valence-electron chi connectivity index (χ4n) is 6.77. The lowest BCUT2D eigenvalue weighted by atomic mass is 9.62. The number of carbonyl (C=O) groups excluding carboxylic acids is 2. The Morgan fingerprint density at radius 2 is 1.80 bits per heavy atom. The van der Waals surface area contributed by atoms with E-state index in [1.165, 1.54) is 0 Å². The number of benzene rings is 1. The van der Waals surface area contributed by atoms with Crippen LogP contribution in [-0.4, -0.2) is 71.4 Å². The van der Waals surface area contributed by atoms with Crippen LogP contribution in [0, 0.1) is 20.8 Å². The Bertz CT molecular complexity index is 1030. The van der Waals surface area contributed by atoms with Crippen molar-refractivity contribution in [3.8, 4) is 0 Å². The molecule has 7 rings (SSSR count). The largest absolute Gasteiger partial charge is 0.458 e. The average molecular weight is 596 g/mol. The van der Waals surface area contributed by atoms with Crippen molar-refractivity contribution in [1.29, 1.82) is 0 Å². The van der Waals surface area contributed by atoms with Crippen molar-refractivity contribution >= 4 is 34.5 Å². The average Bonchev–Trinajstić information content (AvgIpc) is 3.78. The highest BCUT2D eigenvalue weighted by atomic mass is 127. The van der Waals surface area contributed by atoms with Crippen molar-refractivity contribution in [2.45, 2.75) is 74.9 Å². The fraction of sp³-hybridized carbons (Fsp3) is 0.680. The van der Waals surface area contributed by atoms with Gasteiger partial charge in [0.2, 0.25) is 5.91 Å². The molecular formula is C25H29IN2O7. The molecule has 35 heavy (non-hydrogen) atoms. The molecule has 3 saturated heterocycles. The van der Waals surface area contributed by atoms with Gasteiger partial charge in [-0.3, -0.25) is 14.4 Å². The third-order valence-corrected chi connectivity index (χ3v) is 9.28. The minimum absolute atomic E-state index is 0.108. The number of nitrogens with zero attached hydrogens (tertiary/aromatic N) is 1. The van der Waals surface area contributed by atoms with Gasteiger partial charge in [0.15, 0.2) is 11.8 Å². The maximum absolute atomic E-state index is 13.7. The number of carbonyl (C=O) groups is 2. The summed E-state index contributed by atoms with van der Waals surface area (Å²) in [5.41, 5.74) is -0.207. The number of aliphatic hydroxyl groups is 1. The summed E-state index contributed by atoms with van der Waals surface area (Å²) in [6.07, 6.45) is 2.36. The molecule has 6 aliphatic rings. The highest BCUT2D eigenvalue weighted by molar-refractivity contribution is 14.1. The van der Waals surface area contributed by atoms with Crippen LogP contribution in [0.4, 0.5) is 0 Å². The molecule has 3 heterocycles. The van der Waals surface area contributed by atoms with E-state index in [4.69, 9.17) is 19.0 Å². The predicted octanol–water partition coefficient (Wildman–Crippen LogP) is 1.50. The van der Waals surface area contributed by atoms with Gasteiger partial charge >= 0.3 is 5.97 Å². The van der Waals surface area contributed by atoms with Gasteiger partial charge < -0.3 is 24.6 Å². The first-order valence-corrected chi connectivity index (χ1v) is 13.7. The molecule has 3 aliphatic heterocycles. The molecule has 0 spiro atoms. The molecule has 0 radical (unpaired) electrons. The second kappa shape index (κ2) is 8.09. The molecule has 10 heteroatoms. The minimum atomic E-state index is -1.17. The van der Waals surface area contributed by atoms with Crippen LogP contribution < -0.4 is 5.32 Å². The molecule has 3 saturated carbocycles. The molecule has 6 fully saturated rings. The highest BCUT2D eigenvalue weighted by Gasteiger charge is 2.78. The van der Waals surface area contributed by atoms with Crippen molar-refractivity contribution in [2.75, 3.05) is 13.2 Å². The van der Waals surface area contributed by atoms with E-state index in [-0.39, 0.29) is 19.1 Å². The summed E-state index contributed by atoms with van der Waals surface area (Å²) < 4.78 is 20.6. The van der Waals surface area contributed by atoms with Crippen LogP contribution in [0.3, 0.4) is 0 Å². The zero-order valence-corrected chi connectivity index (χ0v) is 21.4.